The first kappa shape index (κ1) is 11.8. The number of nitro groups is 1. The number of hydrogen-bond donors (Lipinski definition) is 1. The normalized spacial score (nSPS) is 20.2. The molecule has 1 heterocycles. The molecule has 0 amide bonds. The highest BCUT2D eigenvalue weighted by Crippen LogP contribution is 2.46. The van der Waals surface area contributed by atoms with E-state index >= 15 is 0 Å². The van der Waals surface area contributed by atoms with Gasteiger partial charge >= 0.3 is 0 Å². The summed E-state index contributed by atoms with van der Waals surface area (Å²) in [5.74, 6) is 0.671. The molecule has 0 aliphatic heterocycles. The third-order valence-electron chi connectivity index (χ3n) is 3.65. The molecule has 0 bridgehead atoms. The number of anilines is 1. The minimum Gasteiger partial charge on any atom is -0.366 e. The fourth-order valence-electron chi connectivity index (χ4n) is 2.15. The summed E-state index contributed by atoms with van der Waals surface area (Å²) in [6, 6.07) is 5.00. The number of rotatable bonds is 3. The third-order valence-corrected chi connectivity index (χ3v) is 3.65. The molecule has 0 saturated heterocycles. The molecule has 3 rings (SSSR count). The molecular formula is C13H14N4O2. The smallest absolute Gasteiger partial charge is 0.270 e. The van der Waals surface area contributed by atoms with Crippen molar-refractivity contribution in [3.63, 3.8) is 0 Å². The molecule has 0 radical (unpaired) electrons. The maximum Gasteiger partial charge on any atom is 0.270 e. The van der Waals surface area contributed by atoms with E-state index in [0.717, 1.165) is 6.42 Å². The highest BCUT2D eigenvalue weighted by atomic mass is 16.6. The Labute approximate surface area is 110 Å². The molecule has 6 heteroatoms. The van der Waals surface area contributed by atoms with Gasteiger partial charge in [-0.05, 0) is 17.9 Å². The Balaban J connectivity index is 2.03. The summed E-state index contributed by atoms with van der Waals surface area (Å²) >= 11 is 0. The van der Waals surface area contributed by atoms with Crippen LogP contribution >= 0.6 is 0 Å². The number of nitro benzene ring substituents is 1. The van der Waals surface area contributed by atoms with Crippen LogP contribution in [0.5, 0.6) is 0 Å². The monoisotopic (exact) mass is 258 g/mol. The Morgan fingerprint density at radius 3 is 2.79 bits per heavy atom. The van der Waals surface area contributed by atoms with Gasteiger partial charge in [0.05, 0.1) is 10.4 Å². The van der Waals surface area contributed by atoms with Gasteiger partial charge in [-0.15, -0.1) is 0 Å². The minimum absolute atomic E-state index is 0.0559. The second-order valence-corrected chi connectivity index (χ2v) is 5.57. The zero-order chi connectivity index (χ0) is 13.6. The van der Waals surface area contributed by atoms with E-state index in [1.807, 2.05) is 0 Å². The van der Waals surface area contributed by atoms with Crippen molar-refractivity contribution < 1.29 is 4.92 Å². The number of nitrogens with one attached hydrogen (secondary N) is 1. The number of nitrogens with zero attached hydrogens (tertiary/aromatic N) is 3. The van der Waals surface area contributed by atoms with Crippen LogP contribution < -0.4 is 5.32 Å². The van der Waals surface area contributed by atoms with E-state index in [9.17, 15) is 10.1 Å². The fourth-order valence-corrected chi connectivity index (χ4v) is 2.15. The average molecular weight is 258 g/mol. The van der Waals surface area contributed by atoms with Gasteiger partial charge in [0.25, 0.3) is 5.69 Å². The van der Waals surface area contributed by atoms with Gasteiger partial charge in [-0.3, -0.25) is 10.1 Å². The Morgan fingerprint density at radius 2 is 2.16 bits per heavy atom. The molecule has 1 aliphatic rings. The first-order valence-electron chi connectivity index (χ1n) is 6.13. The molecule has 1 fully saturated rings. The molecule has 1 aliphatic carbocycles. The topological polar surface area (TPSA) is 81.0 Å². The Morgan fingerprint density at radius 1 is 1.42 bits per heavy atom. The first-order valence-corrected chi connectivity index (χ1v) is 6.13. The third kappa shape index (κ3) is 2.09. The van der Waals surface area contributed by atoms with Gasteiger partial charge in [0, 0.05) is 23.6 Å². The molecule has 1 N–H and O–H groups in total. The van der Waals surface area contributed by atoms with E-state index in [4.69, 9.17) is 0 Å². The average Bonchev–Trinajstić information content (AvgIpc) is 2.96. The number of fused-ring (bicyclic) bond motifs is 1. The second kappa shape index (κ2) is 3.88. The maximum atomic E-state index is 10.8. The van der Waals surface area contributed by atoms with Crippen molar-refractivity contribution >= 4 is 22.4 Å². The Hall–Kier alpha value is -2.24. The van der Waals surface area contributed by atoms with Gasteiger partial charge in [-0.25, -0.2) is 9.97 Å². The van der Waals surface area contributed by atoms with Crippen LogP contribution in [0, 0.1) is 15.5 Å². The van der Waals surface area contributed by atoms with Crippen LogP contribution in [0.1, 0.15) is 20.3 Å². The largest absolute Gasteiger partial charge is 0.366 e. The van der Waals surface area contributed by atoms with Crippen molar-refractivity contribution in [3.05, 3.63) is 34.6 Å². The predicted molar refractivity (Wildman–Crippen MR) is 72.0 cm³/mol. The van der Waals surface area contributed by atoms with Gasteiger partial charge in [0.2, 0.25) is 0 Å². The Kier molecular flexibility index (Phi) is 2.41. The molecule has 1 aromatic heterocycles. The van der Waals surface area contributed by atoms with Crippen molar-refractivity contribution in [2.45, 2.75) is 26.3 Å². The number of non-ortho nitro benzene ring substituents is 1. The molecule has 2 aromatic rings. The van der Waals surface area contributed by atoms with Crippen LogP contribution in [0.25, 0.3) is 10.9 Å². The Bertz CT molecular complexity index is 669. The van der Waals surface area contributed by atoms with Gasteiger partial charge in [-0.1, -0.05) is 13.8 Å². The molecule has 98 valence electrons. The van der Waals surface area contributed by atoms with Crippen LogP contribution in [-0.4, -0.2) is 20.9 Å². The summed E-state index contributed by atoms with van der Waals surface area (Å²) in [5, 5.41) is 14.9. The number of aromatic nitrogens is 2. The summed E-state index contributed by atoms with van der Waals surface area (Å²) in [7, 11) is 0. The second-order valence-electron chi connectivity index (χ2n) is 5.57. The maximum absolute atomic E-state index is 10.8. The molecule has 1 saturated carbocycles. The van der Waals surface area contributed by atoms with Gasteiger partial charge < -0.3 is 5.32 Å². The van der Waals surface area contributed by atoms with E-state index in [-0.39, 0.29) is 11.1 Å². The van der Waals surface area contributed by atoms with Crippen LogP contribution in [0.4, 0.5) is 11.5 Å². The highest BCUT2D eigenvalue weighted by Gasteiger charge is 2.46. The van der Waals surface area contributed by atoms with Crippen LogP contribution in [0.3, 0.4) is 0 Å². The summed E-state index contributed by atoms with van der Waals surface area (Å²) in [5.41, 5.74) is 1.03. The fraction of sp³-hybridized carbons (Fsp3) is 0.385. The van der Waals surface area contributed by atoms with E-state index in [0.29, 0.717) is 22.8 Å². The first-order chi connectivity index (χ1) is 8.97. The van der Waals surface area contributed by atoms with Crippen molar-refractivity contribution in [1.82, 2.24) is 9.97 Å². The lowest BCUT2D eigenvalue weighted by molar-refractivity contribution is -0.384. The van der Waals surface area contributed by atoms with E-state index in [1.54, 1.807) is 6.07 Å². The highest BCUT2D eigenvalue weighted by molar-refractivity contribution is 5.90. The number of benzene rings is 1. The lowest BCUT2D eigenvalue weighted by Gasteiger charge is -2.09. The zero-order valence-electron chi connectivity index (χ0n) is 10.8. The molecule has 1 unspecified atom stereocenters. The molecule has 19 heavy (non-hydrogen) atoms. The van der Waals surface area contributed by atoms with E-state index in [2.05, 4.69) is 29.1 Å². The SMILES string of the molecule is CC1(C)CC1Nc1ncnc2ccc([N+](=O)[O-])cc12. The molecule has 6 nitrogen and oxygen atoms in total. The lowest BCUT2D eigenvalue weighted by atomic mass is 10.2. The van der Waals surface area contributed by atoms with E-state index in [1.165, 1.54) is 18.5 Å². The van der Waals surface area contributed by atoms with Crippen molar-refractivity contribution in [2.24, 2.45) is 5.41 Å². The van der Waals surface area contributed by atoms with Gasteiger partial charge in [0.15, 0.2) is 0 Å². The van der Waals surface area contributed by atoms with Gasteiger partial charge in [0.1, 0.15) is 12.1 Å². The van der Waals surface area contributed by atoms with Crippen molar-refractivity contribution in [3.8, 4) is 0 Å². The predicted octanol–water partition coefficient (Wildman–Crippen LogP) is 2.75. The van der Waals surface area contributed by atoms with Crippen molar-refractivity contribution in [1.29, 1.82) is 0 Å². The summed E-state index contributed by atoms with van der Waals surface area (Å²) in [4.78, 5) is 18.8. The van der Waals surface area contributed by atoms with Crippen LogP contribution in [0.15, 0.2) is 24.5 Å². The lowest BCUT2D eigenvalue weighted by Crippen LogP contribution is -2.10. The van der Waals surface area contributed by atoms with Gasteiger partial charge in [-0.2, -0.15) is 0 Å². The number of hydrogen-bond acceptors (Lipinski definition) is 5. The summed E-state index contributed by atoms with van der Waals surface area (Å²) < 4.78 is 0. The molecule has 1 atom stereocenters. The van der Waals surface area contributed by atoms with Crippen LogP contribution in [0.2, 0.25) is 0 Å². The minimum atomic E-state index is -0.405. The van der Waals surface area contributed by atoms with E-state index < -0.39 is 4.92 Å². The zero-order valence-corrected chi connectivity index (χ0v) is 10.8. The summed E-state index contributed by atoms with van der Waals surface area (Å²) in [6.07, 6.45) is 2.55. The summed E-state index contributed by atoms with van der Waals surface area (Å²) in [6.45, 7) is 4.35. The molecule has 1 aromatic carbocycles. The molecule has 0 spiro atoms. The van der Waals surface area contributed by atoms with Crippen LogP contribution in [-0.2, 0) is 0 Å². The molecular weight excluding hydrogens is 244 g/mol. The quantitative estimate of drug-likeness (QED) is 0.676. The standard InChI is InChI=1S/C13H14N4O2/c1-13(2)6-11(13)16-12-9-5-8(17(18)19)3-4-10(9)14-7-15-12/h3-5,7,11H,6H2,1-2H3,(H,14,15,16). The van der Waals surface area contributed by atoms with Crippen molar-refractivity contribution in [2.75, 3.05) is 5.32 Å².